The number of carbonyl (C=O) groups excluding carboxylic acids is 2. The number of nitrogens with one attached hydrogen (secondary N) is 2. The van der Waals surface area contributed by atoms with Crippen molar-refractivity contribution in [2.45, 2.75) is 25.9 Å². The van der Waals surface area contributed by atoms with Crippen molar-refractivity contribution in [1.82, 2.24) is 15.5 Å². The second kappa shape index (κ2) is 9.41. The standard InChI is InChI=1S/C21H28N4O3/c1-16(24-9-11-25(12-10-24)19-6-4-3-5-7-19)14-22-20(26)17(2)23-21(27)18-8-13-28-15-18/h3-8,13,15-17H,9-12,14H2,1-2H3,(H,22,26)(H,23,27). The van der Waals surface area contributed by atoms with Gasteiger partial charge in [-0.05, 0) is 32.0 Å². The van der Waals surface area contributed by atoms with E-state index in [0.717, 1.165) is 26.2 Å². The molecular formula is C21H28N4O3. The van der Waals surface area contributed by atoms with Crippen LogP contribution in [0.2, 0.25) is 0 Å². The van der Waals surface area contributed by atoms with Gasteiger partial charge in [-0.3, -0.25) is 14.5 Å². The molecule has 2 unspecified atom stereocenters. The van der Waals surface area contributed by atoms with E-state index in [0.29, 0.717) is 12.1 Å². The van der Waals surface area contributed by atoms with Gasteiger partial charge in [-0.1, -0.05) is 18.2 Å². The number of rotatable bonds is 7. The highest BCUT2D eigenvalue weighted by Gasteiger charge is 2.23. The number of carbonyl (C=O) groups is 2. The number of hydrogen-bond acceptors (Lipinski definition) is 5. The third kappa shape index (κ3) is 5.13. The first kappa shape index (κ1) is 19.9. The molecule has 1 aliphatic rings. The molecule has 2 aromatic rings. The molecule has 0 radical (unpaired) electrons. The lowest BCUT2D eigenvalue weighted by Crippen LogP contribution is -2.53. The second-order valence-electron chi connectivity index (χ2n) is 7.16. The van der Waals surface area contributed by atoms with Gasteiger partial charge >= 0.3 is 0 Å². The Balaban J connectivity index is 1.39. The van der Waals surface area contributed by atoms with Crippen molar-refractivity contribution in [3.8, 4) is 0 Å². The first-order chi connectivity index (χ1) is 13.5. The molecule has 7 heteroatoms. The molecule has 2 heterocycles. The molecule has 0 spiro atoms. The molecule has 2 amide bonds. The van der Waals surface area contributed by atoms with Gasteiger partial charge in [-0.15, -0.1) is 0 Å². The van der Waals surface area contributed by atoms with Crippen LogP contribution in [-0.2, 0) is 4.79 Å². The van der Waals surface area contributed by atoms with Crippen molar-refractivity contribution in [3.05, 3.63) is 54.5 Å². The normalized spacial score (nSPS) is 17.0. The number of piperazine rings is 1. The van der Waals surface area contributed by atoms with Crippen molar-refractivity contribution >= 4 is 17.5 Å². The van der Waals surface area contributed by atoms with E-state index in [9.17, 15) is 9.59 Å². The Morgan fingerprint density at radius 3 is 2.43 bits per heavy atom. The molecule has 150 valence electrons. The highest BCUT2D eigenvalue weighted by atomic mass is 16.3. The number of hydrogen-bond donors (Lipinski definition) is 2. The highest BCUT2D eigenvalue weighted by Crippen LogP contribution is 2.16. The predicted octanol–water partition coefficient (Wildman–Crippen LogP) is 1.72. The van der Waals surface area contributed by atoms with E-state index >= 15 is 0 Å². The molecule has 1 fully saturated rings. The van der Waals surface area contributed by atoms with Gasteiger partial charge in [0.1, 0.15) is 12.3 Å². The molecule has 1 aromatic heterocycles. The van der Waals surface area contributed by atoms with Crippen LogP contribution >= 0.6 is 0 Å². The van der Waals surface area contributed by atoms with E-state index < -0.39 is 6.04 Å². The molecule has 0 saturated carbocycles. The predicted molar refractivity (Wildman–Crippen MR) is 108 cm³/mol. The molecule has 2 atom stereocenters. The average molecular weight is 384 g/mol. The Labute approximate surface area is 165 Å². The molecule has 28 heavy (non-hydrogen) atoms. The third-order valence-electron chi connectivity index (χ3n) is 5.15. The maximum absolute atomic E-state index is 12.3. The average Bonchev–Trinajstić information content (AvgIpc) is 3.27. The SMILES string of the molecule is CC(NC(=O)c1ccoc1)C(=O)NCC(C)N1CCN(c2ccccc2)CC1. The summed E-state index contributed by atoms with van der Waals surface area (Å²) in [4.78, 5) is 29.1. The maximum atomic E-state index is 12.3. The molecule has 0 bridgehead atoms. The van der Waals surface area contributed by atoms with E-state index in [1.165, 1.54) is 18.2 Å². The summed E-state index contributed by atoms with van der Waals surface area (Å²) < 4.78 is 4.89. The van der Waals surface area contributed by atoms with Crippen LogP contribution in [-0.4, -0.2) is 61.5 Å². The van der Waals surface area contributed by atoms with Gasteiger partial charge < -0.3 is 20.0 Å². The zero-order chi connectivity index (χ0) is 19.9. The molecule has 0 aliphatic carbocycles. The molecule has 3 rings (SSSR count). The minimum Gasteiger partial charge on any atom is -0.472 e. The Morgan fingerprint density at radius 1 is 1.07 bits per heavy atom. The van der Waals surface area contributed by atoms with Gasteiger partial charge in [0.25, 0.3) is 5.91 Å². The smallest absolute Gasteiger partial charge is 0.255 e. The summed E-state index contributed by atoms with van der Waals surface area (Å²) in [5, 5.41) is 5.62. The summed E-state index contributed by atoms with van der Waals surface area (Å²) in [7, 11) is 0. The lowest BCUT2D eigenvalue weighted by molar-refractivity contribution is -0.122. The van der Waals surface area contributed by atoms with Gasteiger partial charge in [0, 0.05) is 44.5 Å². The molecule has 1 aromatic carbocycles. The molecule has 7 nitrogen and oxygen atoms in total. The largest absolute Gasteiger partial charge is 0.472 e. The second-order valence-corrected chi connectivity index (χ2v) is 7.16. The molecule has 1 aliphatic heterocycles. The van der Waals surface area contributed by atoms with E-state index in [1.54, 1.807) is 13.0 Å². The topological polar surface area (TPSA) is 77.8 Å². The van der Waals surface area contributed by atoms with Gasteiger partial charge in [0.2, 0.25) is 5.91 Å². The minimum atomic E-state index is -0.607. The van der Waals surface area contributed by atoms with Gasteiger partial charge in [-0.2, -0.15) is 0 Å². The van der Waals surface area contributed by atoms with E-state index in [2.05, 4.69) is 51.6 Å². The zero-order valence-electron chi connectivity index (χ0n) is 16.4. The third-order valence-corrected chi connectivity index (χ3v) is 5.15. The summed E-state index contributed by atoms with van der Waals surface area (Å²) in [6, 6.07) is 11.6. The Hall–Kier alpha value is -2.80. The summed E-state index contributed by atoms with van der Waals surface area (Å²) in [5.41, 5.74) is 1.66. The summed E-state index contributed by atoms with van der Waals surface area (Å²) in [6.45, 7) is 8.20. The molecular weight excluding hydrogens is 356 g/mol. The Morgan fingerprint density at radius 2 is 1.79 bits per heavy atom. The van der Waals surface area contributed by atoms with Crippen molar-refractivity contribution in [1.29, 1.82) is 0 Å². The fourth-order valence-electron chi connectivity index (χ4n) is 3.33. The van der Waals surface area contributed by atoms with E-state index in [1.807, 2.05) is 6.07 Å². The van der Waals surface area contributed by atoms with Crippen LogP contribution in [0.4, 0.5) is 5.69 Å². The monoisotopic (exact) mass is 384 g/mol. The molecule has 1 saturated heterocycles. The maximum Gasteiger partial charge on any atom is 0.255 e. The lowest BCUT2D eigenvalue weighted by atomic mass is 10.2. The number of furan rings is 1. The summed E-state index contributed by atoms with van der Waals surface area (Å²) >= 11 is 0. The number of amides is 2. The molecule has 2 N–H and O–H groups in total. The Kier molecular flexibility index (Phi) is 6.71. The van der Waals surface area contributed by atoms with Gasteiger partial charge in [-0.25, -0.2) is 0 Å². The van der Waals surface area contributed by atoms with E-state index in [4.69, 9.17) is 4.42 Å². The van der Waals surface area contributed by atoms with Crippen molar-refractivity contribution in [2.75, 3.05) is 37.6 Å². The highest BCUT2D eigenvalue weighted by molar-refractivity contribution is 5.97. The van der Waals surface area contributed by atoms with Crippen molar-refractivity contribution in [2.24, 2.45) is 0 Å². The fraction of sp³-hybridized carbons (Fsp3) is 0.429. The van der Waals surface area contributed by atoms with Crippen LogP contribution in [0.5, 0.6) is 0 Å². The zero-order valence-corrected chi connectivity index (χ0v) is 16.4. The first-order valence-corrected chi connectivity index (χ1v) is 9.69. The van der Waals surface area contributed by atoms with Crippen LogP contribution in [0.15, 0.2) is 53.3 Å². The number of anilines is 1. The summed E-state index contributed by atoms with van der Waals surface area (Å²) in [5.74, 6) is -0.506. The van der Waals surface area contributed by atoms with Gasteiger partial charge in [0.15, 0.2) is 0 Å². The van der Waals surface area contributed by atoms with Gasteiger partial charge in [0.05, 0.1) is 11.8 Å². The quantitative estimate of drug-likeness (QED) is 0.760. The first-order valence-electron chi connectivity index (χ1n) is 9.69. The van der Waals surface area contributed by atoms with Crippen LogP contribution in [0.1, 0.15) is 24.2 Å². The van der Waals surface area contributed by atoms with Crippen molar-refractivity contribution in [3.63, 3.8) is 0 Å². The van der Waals surface area contributed by atoms with Crippen LogP contribution in [0.25, 0.3) is 0 Å². The number of benzene rings is 1. The Bertz CT molecular complexity index is 755. The van der Waals surface area contributed by atoms with Crippen LogP contribution in [0, 0.1) is 0 Å². The fourth-order valence-corrected chi connectivity index (χ4v) is 3.33. The van der Waals surface area contributed by atoms with Crippen LogP contribution in [0.3, 0.4) is 0 Å². The van der Waals surface area contributed by atoms with Crippen LogP contribution < -0.4 is 15.5 Å². The van der Waals surface area contributed by atoms with E-state index in [-0.39, 0.29) is 17.9 Å². The number of nitrogens with zero attached hydrogens (tertiary/aromatic N) is 2. The van der Waals surface area contributed by atoms with Crippen molar-refractivity contribution < 1.29 is 14.0 Å². The lowest BCUT2D eigenvalue weighted by Gasteiger charge is -2.39. The number of para-hydroxylation sites is 1. The minimum absolute atomic E-state index is 0.188. The summed E-state index contributed by atoms with van der Waals surface area (Å²) in [6.07, 6.45) is 2.79.